The Morgan fingerprint density at radius 3 is 2.43 bits per heavy atom. The first-order valence-electron chi connectivity index (χ1n) is 12.2. The van der Waals surface area contributed by atoms with Gasteiger partial charge in [-0.25, -0.2) is 23.7 Å². The Morgan fingerprint density at radius 1 is 1.05 bits per heavy atom. The van der Waals surface area contributed by atoms with Crippen molar-refractivity contribution in [1.82, 2.24) is 39.0 Å². The number of aliphatic hydroxyl groups excluding tert-OH is 2. The second-order valence-corrected chi connectivity index (χ2v) is 12.1. The summed E-state index contributed by atoms with van der Waals surface area (Å²) in [5, 5.41) is 20.0. The van der Waals surface area contributed by atoms with E-state index in [-0.39, 0.29) is 28.3 Å². The van der Waals surface area contributed by atoms with Crippen LogP contribution in [0.4, 0.5) is 14.7 Å². The van der Waals surface area contributed by atoms with Crippen LogP contribution >= 0.6 is 6.72 Å². The average Bonchev–Trinajstić information content (AvgIpc) is 3.69. The van der Waals surface area contributed by atoms with Gasteiger partial charge in [0.15, 0.2) is 47.1 Å². The summed E-state index contributed by atoms with van der Waals surface area (Å²) in [4.78, 5) is 55.2. The summed E-state index contributed by atoms with van der Waals surface area (Å²) in [6, 6.07) is 0. The Kier molecular flexibility index (Phi) is 7.40. The van der Waals surface area contributed by atoms with Gasteiger partial charge in [-0.3, -0.25) is 28.2 Å². The summed E-state index contributed by atoms with van der Waals surface area (Å²) in [7, 11) is 0. The van der Waals surface area contributed by atoms with Gasteiger partial charge in [0.2, 0.25) is 5.95 Å². The number of nitrogens with zero attached hydrogens (tertiary/aromatic N) is 6. The Hall–Kier alpha value is -3.27. The first kappa shape index (κ1) is 28.8. The standard InChI is InChI=1S/C20H22F2N9O9PS/c21-8-6(1-32)38-19(31-5-27-11-15(31)28-20(23)29-17(11)35)13(8)40-41(36,42)37-2-7-12(33)9(22)18(39-7)30-4-26-10-14(30)24-3-25-16(10)34/h3-9,12-13,18-19,32-33H,1-2H2,(H,36,42)(H,24,25,34)(H3,23,28,29,35)/t6-,7-,8-,9+,12-,13-,18-,19-,41?/m1/s1. The second-order valence-electron chi connectivity index (χ2n) is 9.36. The van der Waals surface area contributed by atoms with Crippen molar-refractivity contribution < 1.29 is 42.4 Å². The van der Waals surface area contributed by atoms with Gasteiger partial charge in [0.05, 0.1) is 32.2 Å². The van der Waals surface area contributed by atoms with Gasteiger partial charge in [0, 0.05) is 0 Å². The first-order chi connectivity index (χ1) is 20.0. The van der Waals surface area contributed by atoms with Gasteiger partial charge in [0.25, 0.3) is 11.1 Å². The van der Waals surface area contributed by atoms with E-state index in [9.17, 15) is 24.7 Å². The Bertz CT molecular complexity index is 1800. The molecule has 6 heterocycles. The molecule has 0 radical (unpaired) electrons. The fourth-order valence-corrected chi connectivity index (χ4v) is 6.18. The second kappa shape index (κ2) is 10.8. The fourth-order valence-electron chi connectivity index (χ4n) is 4.77. The predicted octanol–water partition coefficient (Wildman–Crippen LogP) is -1.72. The molecule has 1 unspecified atom stereocenters. The maximum Gasteiger partial charge on any atom is 0.325 e. The normalized spacial score (nSPS) is 31.3. The highest BCUT2D eigenvalue weighted by atomic mass is 32.5. The lowest BCUT2D eigenvalue weighted by molar-refractivity contribution is -0.0553. The third-order valence-corrected chi connectivity index (χ3v) is 8.32. The largest absolute Gasteiger partial charge is 0.394 e. The SMILES string of the molecule is Nc1nc2c(ncn2[C@@H]2O[C@H](CO)[C@@H](F)[C@H]2OP(O)(=S)OC[C@H]2O[C@@H](n3cnc4c(=O)[nH]cnc43)[C@@H](F)[C@@H]2O)c(=O)[nH]1. The number of anilines is 1. The highest BCUT2D eigenvalue weighted by Gasteiger charge is 2.51. The van der Waals surface area contributed by atoms with Crippen molar-refractivity contribution in [3.8, 4) is 0 Å². The number of hydrogen-bond acceptors (Lipinski definition) is 14. The van der Waals surface area contributed by atoms with E-state index in [4.69, 9.17) is 36.1 Å². The quantitative estimate of drug-likeness (QED) is 0.118. The van der Waals surface area contributed by atoms with Crippen LogP contribution in [0, 0.1) is 0 Å². The number of alkyl halides is 2. The number of nitrogens with one attached hydrogen (secondary N) is 2. The van der Waals surface area contributed by atoms with Crippen LogP contribution in [-0.4, -0.2) is 104 Å². The first-order valence-corrected chi connectivity index (χ1v) is 14.7. The van der Waals surface area contributed by atoms with Crippen molar-refractivity contribution in [3.63, 3.8) is 0 Å². The van der Waals surface area contributed by atoms with Crippen molar-refractivity contribution in [1.29, 1.82) is 0 Å². The van der Waals surface area contributed by atoms with Crippen LogP contribution in [-0.2, 0) is 30.3 Å². The summed E-state index contributed by atoms with van der Waals surface area (Å²) in [6.45, 7) is -5.83. The molecule has 0 aromatic carbocycles. The number of aromatic nitrogens is 8. The topological polar surface area (TPSA) is 251 Å². The van der Waals surface area contributed by atoms with Gasteiger partial charge in [0.1, 0.15) is 24.4 Å². The van der Waals surface area contributed by atoms with Crippen molar-refractivity contribution in [2.45, 2.75) is 49.2 Å². The van der Waals surface area contributed by atoms with E-state index in [2.05, 4.69) is 29.9 Å². The smallest absolute Gasteiger partial charge is 0.325 e. The number of halogens is 2. The lowest BCUT2D eigenvalue weighted by atomic mass is 10.1. The molecule has 18 nitrogen and oxygen atoms in total. The van der Waals surface area contributed by atoms with Crippen LogP contribution in [0.25, 0.3) is 22.3 Å². The highest BCUT2D eigenvalue weighted by molar-refractivity contribution is 8.07. The van der Waals surface area contributed by atoms with Crippen LogP contribution < -0.4 is 16.9 Å². The van der Waals surface area contributed by atoms with Crippen molar-refractivity contribution in [2.24, 2.45) is 0 Å². The number of fused-ring (bicyclic) bond motifs is 2. The molecule has 226 valence electrons. The Morgan fingerprint density at radius 2 is 1.71 bits per heavy atom. The third-order valence-electron chi connectivity index (χ3n) is 6.76. The maximum atomic E-state index is 15.3. The summed E-state index contributed by atoms with van der Waals surface area (Å²) >= 11 is 5.04. The Balaban J connectivity index is 1.19. The minimum atomic E-state index is -4.36. The van der Waals surface area contributed by atoms with E-state index in [1.165, 1.54) is 0 Å². The molecule has 6 rings (SSSR count). The minimum absolute atomic E-state index is 0.000684. The number of nitrogen functional groups attached to an aromatic ring is 1. The molecule has 2 aliphatic heterocycles. The number of hydrogen-bond donors (Lipinski definition) is 6. The van der Waals surface area contributed by atoms with E-state index < -0.39 is 80.3 Å². The van der Waals surface area contributed by atoms with Crippen molar-refractivity contribution in [2.75, 3.05) is 18.9 Å². The molecule has 7 N–H and O–H groups in total. The van der Waals surface area contributed by atoms with Crippen molar-refractivity contribution >= 4 is 46.8 Å². The number of ether oxygens (including phenoxy) is 2. The molecule has 4 aromatic heterocycles. The molecule has 0 bridgehead atoms. The van der Waals surface area contributed by atoms with Crippen LogP contribution in [0.2, 0.25) is 0 Å². The van der Waals surface area contributed by atoms with Crippen LogP contribution in [0.1, 0.15) is 12.5 Å². The molecule has 42 heavy (non-hydrogen) atoms. The van der Waals surface area contributed by atoms with E-state index in [1.807, 2.05) is 0 Å². The van der Waals surface area contributed by atoms with Gasteiger partial charge in [-0.2, -0.15) is 4.98 Å². The molecular weight excluding hydrogens is 611 g/mol. The van der Waals surface area contributed by atoms with Gasteiger partial charge in [-0.1, -0.05) is 0 Å². The number of rotatable bonds is 8. The average molecular weight is 633 g/mol. The molecule has 2 fully saturated rings. The van der Waals surface area contributed by atoms with E-state index in [0.29, 0.717) is 0 Å². The fraction of sp³-hybridized carbons (Fsp3) is 0.500. The minimum Gasteiger partial charge on any atom is -0.394 e. The van der Waals surface area contributed by atoms with E-state index >= 15 is 8.78 Å². The predicted molar refractivity (Wildman–Crippen MR) is 139 cm³/mol. The van der Waals surface area contributed by atoms with Gasteiger partial charge in [-0.15, -0.1) is 0 Å². The molecule has 0 spiro atoms. The molecule has 0 aliphatic carbocycles. The van der Waals surface area contributed by atoms with Gasteiger partial charge in [-0.05, 0) is 11.8 Å². The maximum absolute atomic E-state index is 15.3. The molecule has 0 saturated carbocycles. The molecule has 22 heteroatoms. The number of nitrogens with two attached hydrogens (primary N) is 1. The Labute approximate surface area is 236 Å². The zero-order valence-corrected chi connectivity index (χ0v) is 22.6. The monoisotopic (exact) mass is 633 g/mol. The number of H-pyrrole nitrogens is 2. The molecule has 9 atom stereocenters. The molecular formula is C20H22F2N9O9PS. The van der Waals surface area contributed by atoms with Crippen LogP contribution in [0.3, 0.4) is 0 Å². The molecule has 2 aliphatic rings. The lowest BCUT2D eigenvalue weighted by Crippen LogP contribution is -2.33. The third kappa shape index (κ3) is 4.91. The van der Waals surface area contributed by atoms with Gasteiger partial charge < -0.3 is 39.8 Å². The van der Waals surface area contributed by atoms with Crippen LogP contribution in [0.15, 0.2) is 28.6 Å². The molecule has 2 saturated heterocycles. The summed E-state index contributed by atoms with van der Waals surface area (Å²) in [6.07, 6.45) is -9.94. The number of aliphatic hydroxyl groups is 2. The van der Waals surface area contributed by atoms with Crippen molar-refractivity contribution in [3.05, 3.63) is 39.7 Å². The summed E-state index contributed by atoms with van der Waals surface area (Å²) in [5.41, 5.74) is 4.05. The number of imidazole rings is 2. The summed E-state index contributed by atoms with van der Waals surface area (Å²) < 4.78 is 54.5. The van der Waals surface area contributed by atoms with E-state index in [1.54, 1.807) is 0 Å². The highest BCUT2D eigenvalue weighted by Crippen LogP contribution is 2.51. The number of aromatic amines is 2. The zero-order valence-electron chi connectivity index (χ0n) is 20.9. The summed E-state index contributed by atoms with van der Waals surface area (Å²) in [5.74, 6) is -0.262. The van der Waals surface area contributed by atoms with Gasteiger partial charge >= 0.3 is 6.72 Å². The lowest BCUT2D eigenvalue weighted by Gasteiger charge is -2.26. The molecule has 0 amide bonds. The zero-order chi connectivity index (χ0) is 29.9. The van der Waals surface area contributed by atoms with Crippen LogP contribution in [0.5, 0.6) is 0 Å². The van der Waals surface area contributed by atoms with E-state index in [0.717, 1.165) is 28.1 Å². The molecule has 4 aromatic rings.